The number of hydrogen-bond acceptors (Lipinski definition) is 0. The molecule has 46 valence electrons. The van der Waals surface area contributed by atoms with Crippen molar-refractivity contribution in [3.05, 3.63) is 0 Å². The molecule has 0 N–H and O–H groups in total. The van der Waals surface area contributed by atoms with Crippen LogP contribution in [0.2, 0.25) is 5.28 Å². The van der Waals surface area contributed by atoms with Gasteiger partial charge in [-0.25, -0.2) is 0 Å². The van der Waals surface area contributed by atoms with E-state index in [9.17, 15) is 0 Å². The number of unbranched alkanes of at least 4 members (excludes halogenated alkanes) is 1. The Bertz CT molecular complexity index is 47.7. The van der Waals surface area contributed by atoms with Crippen LogP contribution in [-0.4, -0.2) is 21.1 Å². The Hall–Kier alpha value is 1.11. The van der Waals surface area contributed by atoms with Gasteiger partial charge in [-0.2, -0.15) is 0 Å². The van der Waals surface area contributed by atoms with Gasteiger partial charge < -0.3 is 0 Å². The van der Waals surface area contributed by atoms with Gasteiger partial charge in [-0.15, -0.1) is 28.5 Å². The minimum atomic E-state index is -0.161. The van der Waals surface area contributed by atoms with Crippen LogP contribution >= 0.6 is 23.2 Å². The van der Waals surface area contributed by atoms with Crippen LogP contribution in [0.4, 0.5) is 0 Å². The normalized spacial score (nSPS) is 10.4. The van der Waals surface area contributed by atoms with Crippen LogP contribution < -0.4 is 0 Å². The van der Waals surface area contributed by atoms with Crippen molar-refractivity contribution in [1.82, 2.24) is 0 Å². The largest absolute Gasteiger partial charge is 0.118 e. The van der Waals surface area contributed by atoms with E-state index in [1.165, 1.54) is 6.42 Å². The molecule has 0 aromatic rings. The Morgan fingerprint density at radius 1 is 1.25 bits per heavy atom. The van der Waals surface area contributed by atoms with Crippen LogP contribution in [0.15, 0.2) is 0 Å². The molecular weight excluding hydrogens is 158 g/mol. The van der Waals surface area contributed by atoms with Crippen LogP contribution in [0.3, 0.4) is 0 Å². The number of alkyl halides is 2. The average Bonchev–Trinajstić information content (AvgIpc) is 1.66. The first-order valence-corrected chi connectivity index (χ1v) is 4.44. The lowest BCUT2D eigenvalue weighted by Crippen LogP contribution is -1.85. The summed E-state index contributed by atoms with van der Waals surface area (Å²) in [7, 11) is 0. The summed E-state index contributed by atoms with van der Waals surface area (Å²) in [5, 5.41) is 1.15. The smallest absolute Gasteiger partial charge is 0.118 e. The molecule has 0 spiro atoms. The fraction of sp³-hybridized carbons (Fsp3) is 1.00. The Labute approximate surface area is 69.0 Å². The Kier molecular flexibility index (Phi) is 7.10. The molecule has 0 amide bonds. The van der Waals surface area contributed by atoms with Crippen LogP contribution in [0.5, 0.6) is 0 Å². The summed E-state index contributed by atoms with van der Waals surface area (Å²) in [5.74, 6) is 0. The van der Waals surface area contributed by atoms with Crippen molar-refractivity contribution < 1.29 is 0 Å². The summed E-state index contributed by atoms with van der Waals surface area (Å²) in [4.78, 5) is -0.161. The van der Waals surface area contributed by atoms with Gasteiger partial charge in [-0.05, 0) is 6.42 Å². The molecule has 0 aliphatic carbocycles. The van der Waals surface area contributed by atoms with Crippen molar-refractivity contribution in [1.29, 1.82) is 0 Å². The SMILES string of the molecule is [Al][CH2]CCCC(Cl)Cl. The Balaban J connectivity index is 2.72. The molecule has 0 saturated carbocycles. The lowest BCUT2D eigenvalue weighted by molar-refractivity contribution is 0.756. The van der Waals surface area contributed by atoms with Gasteiger partial charge in [0.1, 0.15) is 21.1 Å². The van der Waals surface area contributed by atoms with Crippen molar-refractivity contribution in [2.75, 3.05) is 0 Å². The first-order valence-electron chi connectivity index (χ1n) is 2.75. The molecule has 0 aliphatic rings. The van der Waals surface area contributed by atoms with E-state index in [0.29, 0.717) is 0 Å². The first-order chi connectivity index (χ1) is 3.77. The van der Waals surface area contributed by atoms with E-state index < -0.39 is 0 Å². The van der Waals surface area contributed by atoms with E-state index >= 15 is 0 Å². The highest BCUT2D eigenvalue weighted by Gasteiger charge is 1.95. The van der Waals surface area contributed by atoms with Gasteiger partial charge >= 0.3 is 0 Å². The third kappa shape index (κ3) is 7.11. The number of halogens is 2. The summed E-state index contributed by atoms with van der Waals surface area (Å²) in [5.41, 5.74) is 0. The van der Waals surface area contributed by atoms with Gasteiger partial charge in [0.15, 0.2) is 0 Å². The number of hydrogen-bond donors (Lipinski definition) is 0. The third-order valence-electron chi connectivity index (χ3n) is 0.876. The van der Waals surface area contributed by atoms with E-state index in [1.54, 1.807) is 0 Å². The van der Waals surface area contributed by atoms with Crippen molar-refractivity contribution in [2.45, 2.75) is 29.4 Å². The third-order valence-corrected chi connectivity index (χ3v) is 1.72. The fourth-order valence-corrected chi connectivity index (χ4v) is 1.04. The van der Waals surface area contributed by atoms with E-state index in [4.69, 9.17) is 23.2 Å². The van der Waals surface area contributed by atoms with Crippen molar-refractivity contribution in [3.63, 3.8) is 0 Å². The summed E-state index contributed by atoms with van der Waals surface area (Å²) >= 11 is 13.6. The van der Waals surface area contributed by atoms with Crippen LogP contribution in [-0.2, 0) is 0 Å². The van der Waals surface area contributed by atoms with Crippen molar-refractivity contribution in [2.24, 2.45) is 0 Å². The highest BCUT2D eigenvalue weighted by molar-refractivity contribution is 6.44. The Morgan fingerprint density at radius 3 is 2.25 bits per heavy atom. The molecular formula is C5H9AlCl2. The molecule has 0 unspecified atom stereocenters. The molecule has 0 fully saturated rings. The molecule has 0 saturated heterocycles. The zero-order chi connectivity index (χ0) is 6.41. The van der Waals surface area contributed by atoms with Crippen molar-refractivity contribution in [3.8, 4) is 0 Å². The van der Waals surface area contributed by atoms with Gasteiger partial charge in [0.25, 0.3) is 0 Å². The summed E-state index contributed by atoms with van der Waals surface area (Å²) < 4.78 is 0. The minimum Gasteiger partial charge on any atom is -0.118 e. The molecule has 0 atom stereocenters. The molecule has 3 heteroatoms. The van der Waals surface area contributed by atoms with Gasteiger partial charge in [0.2, 0.25) is 0 Å². The van der Waals surface area contributed by atoms with Crippen LogP contribution in [0.1, 0.15) is 19.3 Å². The van der Waals surface area contributed by atoms with E-state index in [-0.39, 0.29) is 4.84 Å². The van der Waals surface area contributed by atoms with Crippen LogP contribution in [0, 0.1) is 0 Å². The molecule has 0 bridgehead atoms. The number of rotatable bonds is 4. The maximum absolute atomic E-state index is 5.47. The summed E-state index contributed by atoms with van der Waals surface area (Å²) in [6.45, 7) is 0. The molecule has 0 aromatic carbocycles. The highest BCUT2D eigenvalue weighted by Crippen LogP contribution is 2.11. The average molecular weight is 167 g/mol. The molecule has 0 aliphatic heterocycles. The predicted octanol–water partition coefficient (Wildman–Crippen LogP) is 2.55. The molecule has 0 rings (SSSR count). The van der Waals surface area contributed by atoms with Crippen LogP contribution in [0.25, 0.3) is 0 Å². The van der Waals surface area contributed by atoms with Gasteiger partial charge in [-0.3, -0.25) is 0 Å². The predicted molar refractivity (Wildman–Crippen MR) is 39.9 cm³/mol. The topological polar surface area (TPSA) is 0 Å². The maximum Gasteiger partial charge on any atom is 0.118 e. The quantitative estimate of drug-likeness (QED) is 0.343. The second kappa shape index (κ2) is 6.24. The second-order valence-corrected chi connectivity index (χ2v) is 3.53. The molecule has 0 heterocycles. The monoisotopic (exact) mass is 166 g/mol. The maximum atomic E-state index is 5.47. The zero-order valence-corrected chi connectivity index (χ0v) is 7.41. The highest BCUT2D eigenvalue weighted by atomic mass is 35.5. The standard InChI is InChI=1S/C5H9Cl2.Al/c1-2-3-4-5(6)7;/h5H,1-4H2;. The molecule has 0 nitrogen and oxygen atoms in total. The lowest BCUT2D eigenvalue weighted by Gasteiger charge is -1.97. The summed E-state index contributed by atoms with van der Waals surface area (Å²) in [6.07, 6.45) is 3.28. The summed E-state index contributed by atoms with van der Waals surface area (Å²) in [6, 6.07) is 0. The zero-order valence-electron chi connectivity index (χ0n) is 4.74. The van der Waals surface area contributed by atoms with Gasteiger partial charge in [-0.1, -0.05) is 12.8 Å². The molecule has 2 radical (unpaired) electrons. The Morgan fingerprint density at radius 2 is 1.88 bits per heavy atom. The first kappa shape index (κ1) is 9.11. The molecule has 8 heavy (non-hydrogen) atoms. The fourth-order valence-electron chi connectivity index (χ4n) is 0.443. The van der Waals surface area contributed by atoms with E-state index in [2.05, 4.69) is 16.3 Å². The molecule has 0 aromatic heterocycles. The van der Waals surface area contributed by atoms with Gasteiger partial charge in [0, 0.05) is 0 Å². The van der Waals surface area contributed by atoms with E-state index in [0.717, 1.165) is 18.1 Å². The van der Waals surface area contributed by atoms with Gasteiger partial charge in [0.05, 0.1) is 0 Å². The van der Waals surface area contributed by atoms with E-state index in [1.807, 2.05) is 0 Å². The second-order valence-electron chi connectivity index (χ2n) is 1.68. The van der Waals surface area contributed by atoms with Crippen molar-refractivity contribution >= 4 is 39.5 Å². The lowest BCUT2D eigenvalue weighted by atomic mass is 10.3. The minimum absolute atomic E-state index is 0.161.